The van der Waals surface area contributed by atoms with Crippen LogP contribution in [0.5, 0.6) is 5.75 Å². The Morgan fingerprint density at radius 1 is 1.14 bits per heavy atom. The highest BCUT2D eigenvalue weighted by atomic mass is 32.1. The van der Waals surface area contributed by atoms with Gasteiger partial charge >= 0.3 is 6.18 Å². The van der Waals surface area contributed by atoms with Crippen LogP contribution < -0.4 is 9.80 Å². The first-order valence-electron chi connectivity index (χ1n) is 8.16. The Kier molecular flexibility index (Phi) is 4.71. The van der Waals surface area contributed by atoms with Crippen LogP contribution in [0.2, 0.25) is 0 Å². The van der Waals surface area contributed by atoms with E-state index in [0.29, 0.717) is 10.7 Å². The minimum absolute atomic E-state index is 0.0826. The predicted molar refractivity (Wildman–Crippen MR) is 101 cm³/mol. The van der Waals surface area contributed by atoms with Gasteiger partial charge in [-0.25, -0.2) is 4.39 Å². The number of benzene rings is 2. The lowest BCUT2D eigenvalue weighted by molar-refractivity contribution is -0.137. The molecule has 0 radical (unpaired) electrons. The van der Waals surface area contributed by atoms with Gasteiger partial charge in [0.25, 0.3) is 0 Å². The highest BCUT2D eigenvalue weighted by Gasteiger charge is 2.44. The molecule has 28 heavy (non-hydrogen) atoms. The van der Waals surface area contributed by atoms with Crippen LogP contribution in [0.3, 0.4) is 0 Å². The maximum atomic E-state index is 13.8. The van der Waals surface area contributed by atoms with Crippen LogP contribution in [-0.4, -0.2) is 22.3 Å². The summed E-state index contributed by atoms with van der Waals surface area (Å²) in [4.78, 5) is 3.58. The summed E-state index contributed by atoms with van der Waals surface area (Å²) >= 11 is 5.49. The zero-order valence-corrected chi connectivity index (χ0v) is 15.7. The fourth-order valence-corrected chi connectivity index (χ4v) is 3.40. The highest BCUT2D eigenvalue weighted by Crippen LogP contribution is 2.39. The molecule has 0 spiro atoms. The smallest absolute Gasteiger partial charge is 0.417 e. The summed E-state index contributed by atoms with van der Waals surface area (Å²) in [6, 6.07) is 8.80. The van der Waals surface area contributed by atoms with Crippen molar-refractivity contribution in [2.75, 3.05) is 16.5 Å². The van der Waals surface area contributed by atoms with Crippen molar-refractivity contribution in [1.82, 2.24) is 0 Å². The van der Waals surface area contributed by atoms with Crippen molar-refractivity contribution in [1.29, 1.82) is 5.26 Å². The van der Waals surface area contributed by atoms with Crippen LogP contribution in [0.25, 0.3) is 0 Å². The van der Waals surface area contributed by atoms with Crippen molar-refractivity contribution < 1.29 is 22.7 Å². The molecule has 0 saturated carbocycles. The number of hydrogen-bond acceptors (Lipinski definition) is 4. The molecule has 2 aromatic rings. The zero-order valence-electron chi connectivity index (χ0n) is 14.9. The predicted octanol–water partition coefficient (Wildman–Crippen LogP) is 4.81. The van der Waals surface area contributed by atoms with E-state index in [-0.39, 0.29) is 12.4 Å². The number of rotatable bonds is 2. The van der Waals surface area contributed by atoms with E-state index in [2.05, 4.69) is 0 Å². The van der Waals surface area contributed by atoms with E-state index in [1.807, 2.05) is 0 Å². The fraction of sp³-hybridized carbons (Fsp3) is 0.263. The Morgan fingerprint density at radius 3 is 2.36 bits per heavy atom. The quantitative estimate of drug-likeness (QED) is 0.570. The first-order chi connectivity index (χ1) is 13.0. The van der Waals surface area contributed by atoms with Gasteiger partial charge in [0.1, 0.15) is 4.99 Å². The highest BCUT2D eigenvalue weighted by molar-refractivity contribution is 7.80. The zero-order chi connectivity index (χ0) is 20.9. The Morgan fingerprint density at radius 2 is 1.79 bits per heavy atom. The molecule has 1 N–H and O–H groups in total. The third-order valence-corrected chi connectivity index (χ3v) is 5.43. The summed E-state index contributed by atoms with van der Waals surface area (Å²) in [5.41, 5.74) is -1.70. The van der Waals surface area contributed by atoms with Gasteiger partial charge in [-0.2, -0.15) is 18.4 Å². The third kappa shape index (κ3) is 3.24. The first kappa shape index (κ1) is 19.9. The number of halogens is 4. The molecule has 1 aliphatic heterocycles. The molecule has 1 aliphatic rings. The second-order valence-electron chi connectivity index (χ2n) is 6.84. The van der Waals surface area contributed by atoms with Crippen LogP contribution in [0.15, 0.2) is 36.4 Å². The molecule has 0 bridgehead atoms. The van der Waals surface area contributed by atoms with E-state index in [4.69, 9.17) is 17.5 Å². The molecule has 0 aromatic heterocycles. The van der Waals surface area contributed by atoms with Gasteiger partial charge in [-0.1, -0.05) is 12.2 Å². The molecule has 3 rings (SSSR count). The van der Waals surface area contributed by atoms with Gasteiger partial charge in [0.05, 0.1) is 29.4 Å². The molecule has 1 saturated heterocycles. The molecule has 146 valence electrons. The summed E-state index contributed by atoms with van der Waals surface area (Å²) < 4.78 is 53.7. The van der Waals surface area contributed by atoms with Gasteiger partial charge in [0.2, 0.25) is 0 Å². The van der Waals surface area contributed by atoms with Gasteiger partial charge in [-0.3, -0.25) is 0 Å². The first-order valence-corrected chi connectivity index (χ1v) is 8.57. The van der Waals surface area contributed by atoms with Crippen molar-refractivity contribution in [3.05, 3.63) is 53.3 Å². The monoisotopic (exact) mass is 409 g/mol. The lowest BCUT2D eigenvalue weighted by atomic mass is 10.0. The molecule has 2 aromatic carbocycles. The molecule has 0 atom stereocenters. The van der Waals surface area contributed by atoms with Crippen LogP contribution in [-0.2, 0) is 6.18 Å². The summed E-state index contributed by atoms with van der Waals surface area (Å²) in [5.74, 6) is -1.31. The maximum Gasteiger partial charge on any atom is 0.417 e. The number of nitriles is 1. The number of thiocarbonyl (C=S) groups is 1. The SMILES string of the molecule is CC1(C)C(=S)N(c2ccc(C#N)c(C(F)(F)F)c2)CN1c1ccc(O)c(F)c1. The summed E-state index contributed by atoms with van der Waals surface area (Å²) in [6.07, 6.45) is -4.68. The van der Waals surface area contributed by atoms with Crippen molar-refractivity contribution in [2.45, 2.75) is 25.6 Å². The van der Waals surface area contributed by atoms with Crippen molar-refractivity contribution in [3.63, 3.8) is 0 Å². The molecular formula is C19H15F4N3OS. The average molecular weight is 409 g/mol. The number of phenols is 1. The van der Waals surface area contributed by atoms with E-state index in [1.54, 1.807) is 24.8 Å². The molecular weight excluding hydrogens is 394 g/mol. The Bertz CT molecular complexity index is 998. The maximum absolute atomic E-state index is 13.8. The average Bonchev–Trinajstić information content (AvgIpc) is 2.86. The topological polar surface area (TPSA) is 50.5 Å². The second kappa shape index (κ2) is 6.63. The number of alkyl halides is 3. The van der Waals surface area contributed by atoms with Crippen molar-refractivity contribution in [3.8, 4) is 11.8 Å². The number of nitrogens with zero attached hydrogens (tertiary/aromatic N) is 3. The van der Waals surface area contributed by atoms with Crippen LogP contribution in [0.4, 0.5) is 28.9 Å². The molecule has 4 nitrogen and oxygen atoms in total. The molecule has 0 aliphatic carbocycles. The van der Waals surface area contributed by atoms with E-state index >= 15 is 0 Å². The van der Waals surface area contributed by atoms with Gasteiger partial charge in [-0.15, -0.1) is 0 Å². The van der Waals surface area contributed by atoms with Gasteiger partial charge in [0.15, 0.2) is 11.6 Å². The van der Waals surface area contributed by atoms with Crippen molar-refractivity contribution in [2.24, 2.45) is 0 Å². The van der Waals surface area contributed by atoms with Crippen LogP contribution >= 0.6 is 12.2 Å². The summed E-state index contributed by atoms with van der Waals surface area (Å²) in [6.45, 7) is 3.63. The summed E-state index contributed by atoms with van der Waals surface area (Å²) in [7, 11) is 0. The van der Waals surface area contributed by atoms with E-state index in [9.17, 15) is 22.7 Å². The fourth-order valence-electron chi connectivity index (χ4n) is 3.13. The second-order valence-corrected chi connectivity index (χ2v) is 7.22. The largest absolute Gasteiger partial charge is 0.505 e. The minimum Gasteiger partial charge on any atom is -0.505 e. The number of aromatic hydroxyl groups is 1. The molecule has 9 heteroatoms. The van der Waals surface area contributed by atoms with Gasteiger partial charge in [-0.05, 0) is 44.2 Å². The number of phenolic OH excluding ortho intramolecular Hbond substituents is 1. The molecule has 0 amide bonds. The number of anilines is 2. The van der Waals surface area contributed by atoms with Gasteiger partial charge < -0.3 is 14.9 Å². The van der Waals surface area contributed by atoms with Crippen LogP contribution in [0.1, 0.15) is 25.0 Å². The third-order valence-electron chi connectivity index (χ3n) is 4.71. The Hall–Kier alpha value is -2.86. The van der Waals surface area contributed by atoms with Crippen molar-refractivity contribution >= 4 is 28.6 Å². The molecule has 1 fully saturated rings. The van der Waals surface area contributed by atoms with E-state index < -0.39 is 34.4 Å². The lowest BCUT2D eigenvalue weighted by Gasteiger charge is -2.31. The van der Waals surface area contributed by atoms with Gasteiger partial charge in [0, 0.05) is 17.4 Å². The molecule has 1 heterocycles. The minimum atomic E-state index is -4.68. The lowest BCUT2D eigenvalue weighted by Crippen LogP contribution is -2.42. The normalized spacial score (nSPS) is 16.4. The standard InChI is InChI=1S/C19H15F4N3OS/c1-18(2)17(28)25(10-26(18)13-5-6-16(27)15(20)8-13)12-4-3-11(9-24)14(7-12)19(21,22)23/h3-8,27H,10H2,1-2H3. The van der Waals surface area contributed by atoms with E-state index in [0.717, 1.165) is 18.2 Å². The number of hydrogen-bond donors (Lipinski definition) is 1. The van der Waals surface area contributed by atoms with E-state index in [1.165, 1.54) is 23.1 Å². The Labute approximate surface area is 164 Å². The molecule has 0 unspecified atom stereocenters. The summed E-state index contributed by atoms with van der Waals surface area (Å²) in [5, 5.41) is 18.4. The Balaban J connectivity index is 2.04. The van der Waals surface area contributed by atoms with Crippen LogP contribution in [0, 0.1) is 17.1 Å².